The zero-order chi connectivity index (χ0) is 77.1. The summed E-state index contributed by atoms with van der Waals surface area (Å²) in [4.78, 5) is 21.0. The lowest BCUT2D eigenvalue weighted by Gasteiger charge is -2.22. The van der Waals surface area contributed by atoms with Crippen LogP contribution in [0.25, 0.3) is 210 Å². The van der Waals surface area contributed by atoms with Crippen molar-refractivity contribution in [3.05, 3.63) is 398 Å². The minimum atomic E-state index is -0.105. The zero-order valence-electron chi connectivity index (χ0n) is 64.5. The Bertz CT molecular complexity index is 7620. The number of nitrogens with zero attached hydrogens (tertiary/aromatic N) is 6. The van der Waals surface area contributed by atoms with E-state index in [9.17, 15) is 0 Å². The van der Waals surface area contributed by atoms with Gasteiger partial charge in [0.2, 0.25) is 0 Å². The van der Waals surface area contributed by atoms with Crippen LogP contribution >= 0.6 is 0 Å². The van der Waals surface area contributed by atoms with Gasteiger partial charge in [-0.15, -0.1) is 0 Å². The molecule has 22 aromatic rings. The van der Waals surface area contributed by atoms with Gasteiger partial charge in [0.25, 0.3) is 0 Å². The Morgan fingerprint density at radius 1 is 0.207 bits per heavy atom. The maximum atomic E-state index is 5.31. The van der Waals surface area contributed by atoms with E-state index in [-0.39, 0.29) is 10.8 Å². The summed E-state index contributed by atoms with van der Waals surface area (Å²) in [7, 11) is 0. The SMILES string of the molecule is CC1(C)c2ccccc2-c2ccc(-c3cc(-c4ccccc4)nc(-c4ccc(-n5c6cc7ccccc7cc6c6c7ccccc7c7ccccc7c65)cc4)n3)cc21.CC1(C)c2ccccc2-c2ccc(-c3cc(-c4ccccc4)nc(-c4ccc(-n5c6ccc7ccccc7c6c6c7ccccc7c7ccccc7c65)cc4)n3)cc21. The van der Waals surface area contributed by atoms with Gasteiger partial charge in [0.15, 0.2) is 11.6 Å². The van der Waals surface area contributed by atoms with Crippen LogP contribution in [0.2, 0.25) is 0 Å². The van der Waals surface area contributed by atoms with Crippen LogP contribution < -0.4 is 0 Å². The summed E-state index contributed by atoms with van der Waals surface area (Å²) in [6.45, 7) is 9.31. The predicted octanol–water partition coefficient (Wildman–Crippen LogP) is 28.7. The molecule has 0 N–H and O–H groups in total. The second-order valence-corrected chi connectivity index (χ2v) is 32.3. The first-order valence-corrected chi connectivity index (χ1v) is 40.2. The molecule has 2 aliphatic rings. The quantitative estimate of drug-likeness (QED) is 0.142. The Morgan fingerprint density at radius 2 is 0.560 bits per heavy atom. The average molecular weight is 1480 g/mol. The molecule has 0 saturated heterocycles. The molecule has 4 heterocycles. The van der Waals surface area contributed by atoms with E-state index < -0.39 is 0 Å². The highest BCUT2D eigenvalue weighted by Crippen LogP contribution is 2.53. The fourth-order valence-electron chi connectivity index (χ4n) is 19.5. The molecule has 6 heteroatoms. The molecular formula is C110H74N6. The van der Waals surface area contributed by atoms with Gasteiger partial charge in [0, 0.05) is 87.9 Å². The van der Waals surface area contributed by atoms with Gasteiger partial charge in [0.1, 0.15) is 0 Å². The van der Waals surface area contributed by atoms with Crippen molar-refractivity contribution >= 4 is 108 Å². The Hall–Kier alpha value is -14.7. The fourth-order valence-corrected chi connectivity index (χ4v) is 19.5. The van der Waals surface area contributed by atoms with Gasteiger partial charge in [-0.25, -0.2) is 19.9 Å². The van der Waals surface area contributed by atoms with E-state index in [1.54, 1.807) is 0 Å². The van der Waals surface area contributed by atoms with Crippen LogP contribution in [0.1, 0.15) is 49.9 Å². The first-order valence-electron chi connectivity index (χ1n) is 40.2. The van der Waals surface area contributed by atoms with Crippen LogP contribution in [0.15, 0.2) is 376 Å². The van der Waals surface area contributed by atoms with Crippen molar-refractivity contribution in [2.24, 2.45) is 0 Å². The van der Waals surface area contributed by atoms with Gasteiger partial charge in [-0.1, -0.05) is 313 Å². The van der Waals surface area contributed by atoms with Crippen molar-refractivity contribution in [3.8, 4) is 101 Å². The van der Waals surface area contributed by atoms with E-state index in [1.165, 1.54) is 153 Å². The van der Waals surface area contributed by atoms with E-state index in [0.29, 0.717) is 11.6 Å². The molecule has 0 radical (unpaired) electrons. The molecule has 0 atom stereocenters. The highest BCUT2D eigenvalue weighted by atomic mass is 15.0. The standard InChI is InChI=1S/2C55H37N3/c1-55(2)46-23-13-12-20-42(46)43-30-26-37(32-47(43)55)49-33-48(35-15-4-3-5-16-35)56-54(57-49)36-24-28-38(29-25-36)58-50-31-27-34-14-6-7-17-39(34)51(50)52-44-21-10-8-18-40(44)41-19-9-11-22-45(41)53(52)58;1-55(2)47-23-13-12-20-42(47)43-29-26-38(31-48(43)55)50-33-49(34-14-4-3-5-15-34)56-54(57-50)35-24-27-39(28-25-35)58-51-32-37-17-7-6-16-36(37)30-46(51)52-44-21-10-8-18-40(44)41-19-9-11-22-45(41)53(52)58/h2*3-33H,1-2H3. The molecule has 6 nitrogen and oxygen atoms in total. The topological polar surface area (TPSA) is 61.4 Å². The van der Waals surface area contributed by atoms with Crippen molar-refractivity contribution in [2.75, 3.05) is 0 Å². The van der Waals surface area contributed by atoms with E-state index in [1.807, 2.05) is 0 Å². The van der Waals surface area contributed by atoms with Gasteiger partial charge in [-0.2, -0.15) is 0 Å². The van der Waals surface area contributed by atoms with Gasteiger partial charge in [-0.3, -0.25) is 0 Å². The van der Waals surface area contributed by atoms with Crippen LogP contribution in [0.5, 0.6) is 0 Å². The van der Waals surface area contributed by atoms with Crippen LogP contribution in [-0.2, 0) is 10.8 Å². The Kier molecular flexibility index (Phi) is 15.0. The molecule has 24 rings (SSSR count). The lowest BCUT2D eigenvalue weighted by atomic mass is 9.82. The number of rotatable bonds is 8. The lowest BCUT2D eigenvalue weighted by Crippen LogP contribution is -2.14. The second-order valence-electron chi connectivity index (χ2n) is 32.3. The van der Waals surface area contributed by atoms with Gasteiger partial charge in [0.05, 0.1) is 44.8 Å². The van der Waals surface area contributed by atoms with Gasteiger partial charge < -0.3 is 9.13 Å². The summed E-state index contributed by atoms with van der Waals surface area (Å²) in [5.74, 6) is 1.41. The summed E-state index contributed by atoms with van der Waals surface area (Å²) in [5.41, 5.74) is 27.3. The van der Waals surface area contributed by atoms with Crippen LogP contribution in [0, 0.1) is 0 Å². The molecule has 0 amide bonds. The van der Waals surface area contributed by atoms with Crippen molar-refractivity contribution in [1.29, 1.82) is 0 Å². The first-order chi connectivity index (χ1) is 57.0. The largest absolute Gasteiger partial charge is 0.309 e. The first kappa shape index (κ1) is 67.0. The summed E-state index contributed by atoms with van der Waals surface area (Å²) in [6, 6.07) is 136. The summed E-state index contributed by atoms with van der Waals surface area (Å²) in [5, 5.41) is 20.1. The molecule has 4 aromatic heterocycles. The Morgan fingerprint density at radius 3 is 1.05 bits per heavy atom. The van der Waals surface area contributed by atoms with E-state index in [4.69, 9.17) is 19.9 Å². The van der Waals surface area contributed by atoms with Crippen molar-refractivity contribution in [3.63, 3.8) is 0 Å². The molecule has 2 aliphatic carbocycles. The smallest absolute Gasteiger partial charge is 0.160 e. The van der Waals surface area contributed by atoms with Crippen LogP contribution in [0.4, 0.5) is 0 Å². The third-order valence-corrected chi connectivity index (χ3v) is 25.1. The maximum absolute atomic E-state index is 5.31. The second kappa shape index (κ2) is 25.9. The average Bonchev–Trinajstić information content (AvgIpc) is 1.54. The molecule has 0 bridgehead atoms. The minimum Gasteiger partial charge on any atom is -0.309 e. The molecule has 0 aliphatic heterocycles. The molecule has 18 aromatic carbocycles. The normalized spacial score (nSPS) is 13.1. The number of fused-ring (bicyclic) bond motifs is 25. The van der Waals surface area contributed by atoms with Crippen molar-refractivity contribution in [2.45, 2.75) is 38.5 Å². The van der Waals surface area contributed by atoms with Crippen molar-refractivity contribution in [1.82, 2.24) is 29.1 Å². The highest BCUT2D eigenvalue weighted by Gasteiger charge is 2.37. The molecule has 116 heavy (non-hydrogen) atoms. The highest BCUT2D eigenvalue weighted by molar-refractivity contribution is 6.36. The maximum Gasteiger partial charge on any atom is 0.160 e. The third kappa shape index (κ3) is 10.4. The molecule has 0 spiro atoms. The molecule has 544 valence electrons. The molecular weight excluding hydrogens is 1410 g/mol. The van der Waals surface area contributed by atoms with Crippen LogP contribution in [0.3, 0.4) is 0 Å². The fraction of sp³-hybridized carbons (Fsp3) is 0.0545. The summed E-state index contributed by atoms with van der Waals surface area (Å²) >= 11 is 0. The number of hydrogen-bond acceptors (Lipinski definition) is 4. The van der Waals surface area contributed by atoms with Crippen LogP contribution in [-0.4, -0.2) is 29.1 Å². The number of benzene rings is 18. The summed E-state index contributed by atoms with van der Waals surface area (Å²) < 4.78 is 4.93. The molecule has 0 saturated carbocycles. The van der Waals surface area contributed by atoms with Crippen molar-refractivity contribution < 1.29 is 0 Å². The van der Waals surface area contributed by atoms with E-state index in [0.717, 1.165) is 67.5 Å². The minimum absolute atomic E-state index is 0.105. The number of aromatic nitrogens is 6. The Labute approximate surface area is 671 Å². The zero-order valence-corrected chi connectivity index (χ0v) is 64.5. The monoisotopic (exact) mass is 1480 g/mol. The lowest BCUT2D eigenvalue weighted by molar-refractivity contribution is 0.660. The number of hydrogen-bond donors (Lipinski definition) is 0. The van der Waals surface area contributed by atoms with Gasteiger partial charge in [-0.05, 0) is 189 Å². The van der Waals surface area contributed by atoms with E-state index in [2.05, 4.69) is 413 Å². The third-order valence-electron chi connectivity index (χ3n) is 25.1. The summed E-state index contributed by atoms with van der Waals surface area (Å²) in [6.07, 6.45) is 0. The predicted molar refractivity (Wildman–Crippen MR) is 486 cm³/mol. The Balaban J connectivity index is 0.000000137. The molecule has 0 unspecified atom stereocenters. The van der Waals surface area contributed by atoms with E-state index >= 15 is 0 Å². The molecule has 0 fully saturated rings. The van der Waals surface area contributed by atoms with Gasteiger partial charge >= 0.3 is 0 Å².